The van der Waals surface area contributed by atoms with Gasteiger partial charge in [-0.05, 0) is 81.0 Å². The summed E-state index contributed by atoms with van der Waals surface area (Å²) in [6.45, 7) is 9.43. The van der Waals surface area contributed by atoms with E-state index in [0.717, 1.165) is 30.6 Å². The first kappa shape index (κ1) is 15.0. The van der Waals surface area contributed by atoms with Gasteiger partial charge < -0.3 is 0 Å². The molecule has 0 amide bonds. The van der Waals surface area contributed by atoms with Gasteiger partial charge in [-0.2, -0.15) is 0 Å². The van der Waals surface area contributed by atoms with Crippen LogP contribution in [0.25, 0.3) is 0 Å². The predicted octanol–water partition coefficient (Wildman–Crippen LogP) is 5.54. The van der Waals surface area contributed by atoms with E-state index < -0.39 is 0 Å². The maximum atomic E-state index is 12.5. The molecule has 0 aromatic heterocycles. The van der Waals surface area contributed by atoms with Crippen LogP contribution in [0.2, 0.25) is 0 Å². The third kappa shape index (κ3) is 1.74. The SMILES string of the molecule is CC1(C)C(=O)CC[C@]2(C)C1=CC[C@@H]1[C@H]3CCC[C@@]3(C)CC[C@H]12. The molecule has 3 saturated carbocycles. The molecule has 0 saturated heterocycles. The molecule has 1 nitrogen and oxygen atoms in total. The Morgan fingerprint density at radius 1 is 1.00 bits per heavy atom. The number of Topliss-reactive ketones (excluding diaryl/α,β-unsaturated/α-hetero) is 1. The van der Waals surface area contributed by atoms with Crippen LogP contribution in [-0.4, -0.2) is 5.78 Å². The van der Waals surface area contributed by atoms with Crippen LogP contribution >= 0.6 is 0 Å². The lowest BCUT2D eigenvalue weighted by Crippen LogP contribution is -2.52. The number of hydrogen-bond acceptors (Lipinski definition) is 1. The Morgan fingerprint density at radius 3 is 2.55 bits per heavy atom. The minimum atomic E-state index is -0.214. The summed E-state index contributed by atoms with van der Waals surface area (Å²) in [4.78, 5) is 12.5. The molecular weight excluding hydrogens is 268 g/mol. The van der Waals surface area contributed by atoms with Crippen LogP contribution in [-0.2, 0) is 4.79 Å². The quantitative estimate of drug-likeness (QED) is 0.536. The van der Waals surface area contributed by atoms with Crippen molar-refractivity contribution in [1.82, 2.24) is 0 Å². The van der Waals surface area contributed by atoms with Crippen LogP contribution in [0, 0.1) is 34.0 Å². The number of ketones is 1. The maximum Gasteiger partial charge on any atom is 0.142 e. The van der Waals surface area contributed by atoms with E-state index in [0.29, 0.717) is 16.6 Å². The number of fused-ring (bicyclic) bond motifs is 5. The predicted molar refractivity (Wildman–Crippen MR) is 90.5 cm³/mol. The maximum absolute atomic E-state index is 12.5. The third-order valence-corrected chi connectivity index (χ3v) is 8.49. The molecule has 122 valence electrons. The van der Waals surface area contributed by atoms with Gasteiger partial charge in [-0.3, -0.25) is 4.79 Å². The molecule has 0 aromatic rings. The molecule has 0 heterocycles. The Morgan fingerprint density at radius 2 is 1.77 bits per heavy atom. The molecule has 3 fully saturated rings. The highest BCUT2D eigenvalue weighted by Crippen LogP contribution is 2.66. The van der Waals surface area contributed by atoms with Gasteiger partial charge in [0.15, 0.2) is 0 Å². The summed E-state index contributed by atoms with van der Waals surface area (Å²) in [7, 11) is 0. The number of carbonyl (C=O) groups excluding carboxylic acids is 1. The van der Waals surface area contributed by atoms with Crippen LogP contribution in [0.5, 0.6) is 0 Å². The second-order valence-electron chi connectivity index (χ2n) is 9.78. The Bertz CT molecular complexity index is 542. The molecule has 4 aliphatic carbocycles. The van der Waals surface area contributed by atoms with E-state index in [2.05, 4.69) is 33.8 Å². The molecule has 1 heteroatoms. The van der Waals surface area contributed by atoms with Gasteiger partial charge in [0.1, 0.15) is 5.78 Å². The van der Waals surface area contributed by atoms with Crippen molar-refractivity contribution in [2.45, 2.75) is 79.1 Å². The van der Waals surface area contributed by atoms with E-state index >= 15 is 0 Å². The molecule has 5 atom stereocenters. The lowest BCUT2D eigenvalue weighted by molar-refractivity contribution is -0.131. The van der Waals surface area contributed by atoms with E-state index in [-0.39, 0.29) is 5.41 Å². The molecular formula is C21H32O. The first-order valence-electron chi connectivity index (χ1n) is 9.53. The number of rotatable bonds is 0. The zero-order chi connectivity index (χ0) is 15.8. The largest absolute Gasteiger partial charge is 0.299 e. The first-order chi connectivity index (χ1) is 10.3. The lowest BCUT2D eigenvalue weighted by Gasteiger charge is -2.59. The standard InChI is InChI=1S/C21H32O/c1-19(2)17-8-7-14-15-6-5-11-20(15,3)12-9-16(14)21(17,4)13-10-18(19)22/h8,14-16H,5-7,9-13H2,1-4H3/t14-,15-,16-,20+,21+/m1/s1. The molecule has 0 aromatic carbocycles. The Labute approximate surface area is 135 Å². The minimum Gasteiger partial charge on any atom is -0.299 e. The summed E-state index contributed by atoms with van der Waals surface area (Å²) in [5.74, 6) is 3.13. The van der Waals surface area contributed by atoms with E-state index in [9.17, 15) is 4.79 Å². The Balaban J connectivity index is 1.75. The smallest absolute Gasteiger partial charge is 0.142 e. The van der Waals surface area contributed by atoms with Crippen molar-refractivity contribution in [2.75, 3.05) is 0 Å². The average molecular weight is 300 g/mol. The highest BCUT2D eigenvalue weighted by molar-refractivity contribution is 5.89. The van der Waals surface area contributed by atoms with Gasteiger partial charge in [0.2, 0.25) is 0 Å². The fourth-order valence-corrected chi connectivity index (χ4v) is 7.21. The summed E-state index contributed by atoms with van der Waals surface area (Å²) in [6, 6.07) is 0. The highest BCUT2D eigenvalue weighted by Gasteiger charge is 2.58. The van der Waals surface area contributed by atoms with Crippen molar-refractivity contribution in [1.29, 1.82) is 0 Å². The molecule has 4 aliphatic rings. The monoisotopic (exact) mass is 300 g/mol. The van der Waals surface area contributed by atoms with Gasteiger partial charge in [-0.25, -0.2) is 0 Å². The van der Waals surface area contributed by atoms with E-state index in [4.69, 9.17) is 0 Å². The van der Waals surface area contributed by atoms with Gasteiger partial charge in [0, 0.05) is 11.8 Å². The zero-order valence-electron chi connectivity index (χ0n) is 14.9. The van der Waals surface area contributed by atoms with Crippen molar-refractivity contribution < 1.29 is 4.79 Å². The number of allylic oxidation sites excluding steroid dienone is 2. The second-order valence-corrected chi connectivity index (χ2v) is 9.78. The van der Waals surface area contributed by atoms with Crippen molar-refractivity contribution in [3.8, 4) is 0 Å². The molecule has 0 spiro atoms. The topological polar surface area (TPSA) is 17.1 Å². The lowest BCUT2D eigenvalue weighted by atomic mass is 9.45. The Kier molecular flexibility index (Phi) is 3.05. The Hall–Kier alpha value is -0.590. The van der Waals surface area contributed by atoms with Gasteiger partial charge >= 0.3 is 0 Å². The molecule has 0 aliphatic heterocycles. The van der Waals surface area contributed by atoms with Gasteiger partial charge in [-0.1, -0.05) is 31.9 Å². The fourth-order valence-electron chi connectivity index (χ4n) is 7.21. The minimum absolute atomic E-state index is 0.214. The van der Waals surface area contributed by atoms with Crippen LogP contribution in [0.15, 0.2) is 11.6 Å². The van der Waals surface area contributed by atoms with Crippen LogP contribution in [0.3, 0.4) is 0 Å². The molecule has 0 radical (unpaired) electrons. The van der Waals surface area contributed by atoms with Crippen LogP contribution < -0.4 is 0 Å². The van der Waals surface area contributed by atoms with E-state index in [1.54, 1.807) is 0 Å². The van der Waals surface area contributed by atoms with Crippen molar-refractivity contribution >= 4 is 5.78 Å². The van der Waals surface area contributed by atoms with Crippen molar-refractivity contribution in [3.63, 3.8) is 0 Å². The van der Waals surface area contributed by atoms with Gasteiger partial charge in [-0.15, -0.1) is 0 Å². The number of hydrogen-bond donors (Lipinski definition) is 0. The van der Waals surface area contributed by atoms with Crippen LogP contribution in [0.4, 0.5) is 0 Å². The second kappa shape index (κ2) is 4.48. The highest BCUT2D eigenvalue weighted by atomic mass is 16.1. The first-order valence-corrected chi connectivity index (χ1v) is 9.53. The normalized spacial score (nSPS) is 49.9. The zero-order valence-corrected chi connectivity index (χ0v) is 14.9. The molecule has 0 unspecified atom stereocenters. The summed E-state index contributed by atoms with van der Waals surface area (Å²) < 4.78 is 0. The van der Waals surface area contributed by atoms with E-state index in [1.807, 2.05) is 0 Å². The van der Waals surface area contributed by atoms with Crippen molar-refractivity contribution in [2.24, 2.45) is 34.0 Å². The average Bonchev–Trinajstić information content (AvgIpc) is 2.85. The third-order valence-electron chi connectivity index (χ3n) is 8.49. The van der Waals surface area contributed by atoms with Crippen LogP contribution in [0.1, 0.15) is 79.1 Å². The summed E-state index contributed by atoms with van der Waals surface area (Å²) >= 11 is 0. The summed E-state index contributed by atoms with van der Waals surface area (Å²) in [6.07, 6.45) is 12.8. The molecule has 4 rings (SSSR count). The molecule has 0 N–H and O–H groups in total. The molecule has 22 heavy (non-hydrogen) atoms. The van der Waals surface area contributed by atoms with Gasteiger partial charge in [0.05, 0.1) is 0 Å². The fraction of sp³-hybridized carbons (Fsp3) is 0.857. The van der Waals surface area contributed by atoms with E-state index in [1.165, 1.54) is 44.1 Å². The summed E-state index contributed by atoms with van der Waals surface area (Å²) in [5, 5.41) is 0. The van der Waals surface area contributed by atoms with Gasteiger partial charge in [0.25, 0.3) is 0 Å². The van der Waals surface area contributed by atoms with Crippen molar-refractivity contribution in [3.05, 3.63) is 11.6 Å². The summed E-state index contributed by atoms with van der Waals surface area (Å²) in [5.41, 5.74) is 2.21. The number of carbonyl (C=O) groups is 1. The molecule has 0 bridgehead atoms.